The topological polar surface area (TPSA) is 35.1 Å². The molecule has 0 N–H and O–H groups in total. The fraction of sp³-hybridized carbons (Fsp3) is 0.107. The van der Waals surface area contributed by atoms with E-state index in [4.69, 9.17) is 8.83 Å². The van der Waals surface area contributed by atoms with Crippen molar-refractivity contribution in [3.8, 4) is 5.69 Å². The minimum Gasteiger partial charge on any atom is -0.425 e. The maximum absolute atomic E-state index is 6.25. The molecule has 4 nitrogen and oxygen atoms in total. The molecule has 0 aliphatic heterocycles. The average molecular weight is 417 g/mol. The van der Waals surface area contributed by atoms with Gasteiger partial charge in [-0.2, -0.15) is 4.57 Å². The molecule has 0 aliphatic rings. The maximum Gasteiger partial charge on any atom is 0.299 e. The Morgan fingerprint density at radius 1 is 0.750 bits per heavy atom. The quantitative estimate of drug-likeness (QED) is 0.273. The number of hydrogen-bond donors (Lipinski definition) is 0. The molecule has 154 valence electrons. The third-order valence-electron chi connectivity index (χ3n) is 6.84. The van der Waals surface area contributed by atoms with E-state index in [0.717, 1.165) is 38.4 Å². The lowest BCUT2D eigenvalue weighted by Gasteiger charge is -2.03. The Labute approximate surface area is 183 Å². The number of imidazole rings is 1. The van der Waals surface area contributed by atoms with E-state index in [1.54, 1.807) is 0 Å². The van der Waals surface area contributed by atoms with Crippen LogP contribution in [0, 0.1) is 13.8 Å². The first-order valence-electron chi connectivity index (χ1n) is 10.8. The molecule has 0 spiro atoms. The molecule has 3 aromatic heterocycles. The van der Waals surface area contributed by atoms with E-state index < -0.39 is 0 Å². The van der Waals surface area contributed by atoms with Crippen LogP contribution in [0.25, 0.3) is 60.6 Å². The summed E-state index contributed by atoms with van der Waals surface area (Å²) in [5.41, 5.74) is 6.40. The van der Waals surface area contributed by atoms with Crippen LogP contribution in [0.3, 0.4) is 0 Å². The molecule has 0 saturated heterocycles. The van der Waals surface area contributed by atoms with Crippen LogP contribution < -0.4 is 4.57 Å². The predicted octanol–water partition coefficient (Wildman–Crippen LogP) is 6.87. The van der Waals surface area contributed by atoms with Crippen LogP contribution in [0.15, 0.2) is 81.6 Å². The third kappa shape index (κ3) is 2.19. The fourth-order valence-electron chi connectivity index (χ4n) is 5.09. The van der Waals surface area contributed by atoms with Gasteiger partial charge < -0.3 is 8.83 Å². The molecule has 4 aromatic carbocycles. The summed E-state index contributed by atoms with van der Waals surface area (Å²) in [7, 11) is 2.12. The molecule has 7 rings (SSSR count). The van der Waals surface area contributed by atoms with E-state index in [2.05, 4.69) is 103 Å². The van der Waals surface area contributed by atoms with Crippen molar-refractivity contribution < 1.29 is 13.4 Å². The first kappa shape index (κ1) is 17.6. The Morgan fingerprint density at radius 3 is 2.19 bits per heavy atom. The Hall–Kier alpha value is -4.05. The van der Waals surface area contributed by atoms with Crippen molar-refractivity contribution >= 4 is 54.9 Å². The number of para-hydroxylation sites is 1. The molecule has 4 heteroatoms. The number of aromatic nitrogens is 2. The second-order valence-corrected chi connectivity index (χ2v) is 8.63. The molecule has 32 heavy (non-hydrogen) atoms. The van der Waals surface area contributed by atoms with Crippen LogP contribution in [-0.4, -0.2) is 4.57 Å². The Balaban J connectivity index is 1.60. The van der Waals surface area contributed by atoms with E-state index in [1.807, 2.05) is 0 Å². The Morgan fingerprint density at radius 2 is 1.41 bits per heavy atom. The summed E-state index contributed by atoms with van der Waals surface area (Å²) in [5, 5.41) is 5.59. The lowest BCUT2D eigenvalue weighted by Crippen LogP contribution is -2.30. The summed E-state index contributed by atoms with van der Waals surface area (Å²) in [6.45, 7) is 4.30. The summed E-state index contributed by atoms with van der Waals surface area (Å²) in [6, 6.07) is 25.5. The highest BCUT2D eigenvalue weighted by atomic mass is 16.5. The second kappa shape index (κ2) is 6.01. The van der Waals surface area contributed by atoms with Gasteiger partial charge in [-0.15, -0.1) is 0 Å². The highest BCUT2D eigenvalue weighted by Crippen LogP contribution is 2.40. The lowest BCUT2D eigenvalue weighted by atomic mass is 10.1. The van der Waals surface area contributed by atoms with Crippen LogP contribution >= 0.6 is 0 Å². The first-order chi connectivity index (χ1) is 15.6. The highest BCUT2D eigenvalue weighted by Gasteiger charge is 2.25. The molecule has 0 unspecified atom stereocenters. The SMILES string of the molecule is Cc1ccccc1-n1c(C)[n+](C)c2cc3c(cc21)oc1oc2cc4ccccc4cc2c13. The molecule has 0 bridgehead atoms. The van der Waals surface area contributed by atoms with Crippen molar-refractivity contribution in [1.29, 1.82) is 0 Å². The van der Waals surface area contributed by atoms with Gasteiger partial charge in [0, 0.05) is 29.8 Å². The number of fused-ring (bicyclic) bond motifs is 7. The van der Waals surface area contributed by atoms with Crippen LogP contribution in [0.2, 0.25) is 0 Å². The van der Waals surface area contributed by atoms with Crippen molar-refractivity contribution in [2.75, 3.05) is 0 Å². The molecule has 0 saturated carbocycles. The van der Waals surface area contributed by atoms with Crippen molar-refractivity contribution in [1.82, 2.24) is 4.57 Å². The summed E-state index contributed by atoms with van der Waals surface area (Å²) in [4.78, 5) is 0. The van der Waals surface area contributed by atoms with Crippen molar-refractivity contribution in [2.24, 2.45) is 7.05 Å². The minimum absolute atomic E-state index is 0.583. The maximum atomic E-state index is 6.25. The molecule has 0 radical (unpaired) electrons. The standard InChI is InChI=1S/C28H21N2O2/c1-16-8-4-7-11-22(16)30-17(2)29(3)23-14-21-26(15-24(23)30)32-28-27(21)20-12-18-9-5-6-10-19(18)13-25(20)31-28/h4-15H,1-3H3/q+1. The molecule has 0 atom stereocenters. The summed E-state index contributed by atoms with van der Waals surface area (Å²) < 4.78 is 17.0. The lowest BCUT2D eigenvalue weighted by molar-refractivity contribution is -0.652. The minimum atomic E-state index is 0.583. The highest BCUT2D eigenvalue weighted by molar-refractivity contribution is 6.20. The number of rotatable bonds is 1. The van der Waals surface area contributed by atoms with Gasteiger partial charge in [0.1, 0.15) is 16.9 Å². The van der Waals surface area contributed by atoms with E-state index in [1.165, 1.54) is 27.8 Å². The van der Waals surface area contributed by atoms with Gasteiger partial charge in [0.2, 0.25) is 0 Å². The largest absolute Gasteiger partial charge is 0.425 e. The summed E-state index contributed by atoms with van der Waals surface area (Å²) >= 11 is 0. The number of furan rings is 2. The number of aryl methyl sites for hydroxylation is 2. The van der Waals surface area contributed by atoms with Crippen LogP contribution in [0.1, 0.15) is 11.4 Å². The van der Waals surface area contributed by atoms with E-state index in [-0.39, 0.29) is 0 Å². The van der Waals surface area contributed by atoms with Crippen LogP contribution in [0.5, 0.6) is 0 Å². The molecule has 0 fully saturated rings. The normalized spacial score (nSPS) is 12.2. The van der Waals surface area contributed by atoms with Crippen LogP contribution in [0.4, 0.5) is 0 Å². The zero-order valence-electron chi connectivity index (χ0n) is 18.1. The van der Waals surface area contributed by atoms with Crippen molar-refractivity contribution in [2.45, 2.75) is 13.8 Å². The molecule has 3 heterocycles. The number of benzene rings is 4. The Kier molecular flexibility index (Phi) is 3.31. The van der Waals surface area contributed by atoms with E-state index in [9.17, 15) is 0 Å². The first-order valence-corrected chi connectivity index (χ1v) is 10.8. The number of nitrogens with zero attached hydrogens (tertiary/aromatic N) is 2. The van der Waals surface area contributed by atoms with Gasteiger partial charge in [0.15, 0.2) is 11.0 Å². The molecule has 0 amide bonds. The molecular weight excluding hydrogens is 396 g/mol. The number of hydrogen-bond acceptors (Lipinski definition) is 2. The summed E-state index contributed by atoms with van der Waals surface area (Å²) in [6.07, 6.45) is 0. The average Bonchev–Trinajstić information content (AvgIpc) is 3.39. The molecule has 7 aromatic rings. The molecular formula is C28H21N2O2+. The van der Waals surface area contributed by atoms with Crippen molar-refractivity contribution in [3.63, 3.8) is 0 Å². The third-order valence-corrected chi connectivity index (χ3v) is 6.84. The predicted molar refractivity (Wildman–Crippen MR) is 128 cm³/mol. The summed E-state index contributed by atoms with van der Waals surface area (Å²) in [5.74, 6) is 1.75. The van der Waals surface area contributed by atoms with Crippen LogP contribution in [-0.2, 0) is 7.05 Å². The smallest absolute Gasteiger partial charge is 0.299 e. The van der Waals surface area contributed by atoms with Gasteiger partial charge in [-0.05, 0) is 41.5 Å². The van der Waals surface area contributed by atoms with Gasteiger partial charge in [-0.1, -0.05) is 42.5 Å². The van der Waals surface area contributed by atoms with Gasteiger partial charge in [-0.25, -0.2) is 4.57 Å². The van der Waals surface area contributed by atoms with E-state index >= 15 is 0 Å². The zero-order chi connectivity index (χ0) is 21.6. The van der Waals surface area contributed by atoms with E-state index in [0.29, 0.717) is 5.78 Å². The Bertz CT molecular complexity index is 1860. The van der Waals surface area contributed by atoms with Gasteiger partial charge in [-0.3, -0.25) is 0 Å². The van der Waals surface area contributed by atoms with Gasteiger partial charge in [0.25, 0.3) is 11.6 Å². The van der Waals surface area contributed by atoms with Gasteiger partial charge >= 0.3 is 0 Å². The molecule has 0 aliphatic carbocycles. The fourth-order valence-corrected chi connectivity index (χ4v) is 5.09. The zero-order valence-corrected chi connectivity index (χ0v) is 18.1. The monoisotopic (exact) mass is 417 g/mol. The van der Waals surface area contributed by atoms with Crippen molar-refractivity contribution in [3.05, 3.63) is 84.2 Å². The second-order valence-electron chi connectivity index (χ2n) is 8.63. The van der Waals surface area contributed by atoms with Gasteiger partial charge in [0.05, 0.1) is 12.4 Å².